The molecule has 0 aromatic rings. The summed E-state index contributed by atoms with van der Waals surface area (Å²) in [6.45, 7) is 5.77. The molecule has 5 heteroatoms. The van der Waals surface area contributed by atoms with Crippen molar-refractivity contribution >= 4 is 11.8 Å². The molecule has 2 amide bonds. The Morgan fingerprint density at radius 2 is 1.94 bits per heavy atom. The molecule has 0 atom stereocenters. The van der Waals surface area contributed by atoms with Crippen molar-refractivity contribution in [2.75, 3.05) is 19.7 Å². The average Bonchev–Trinajstić information content (AvgIpc) is 2.20. The third-order valence-electron chi connectivity index (χ3n) is 3.26. The first kappa shape index (κ1) is 15.0. The lowest BCUT2D eigenvalue weighted by Crippen LogP contribution is -2.50. The largest absolute Gasteiger partial charge is 0.395 e. The summed E-state index contributed by atoms with van der Waals surface area (Å²) < 4.78 is 0. The quantitative estimate of drug-likeness (QED) is 0.753. The number of carbonyl (C=O) groups is 2. The van der Waals surface area contributed by atoms with E-state index in [0.29, 0.717) is 6.54 Å². The predicted octanol–water partition coefficient (Wildman–Crippen LogP) is 0.522. The Kier molecular flexibility index (Phi) is 5.14. The Morgan fingerprint density at radius 1 is 1.33 bits per heavy atom. The summed E-state index contributed by atoms with van der Waals surface area (Å²) >= 11 is 0. The van der Waals surface area contributed by atoms with Crippen LogP contribution < -0.4 is 5.32 Å². The molecule has 0 saturated heterocycles. The molecule has 1 rings (SSSR count). The monoisotopic (exact) mass is 256 g/mol. The number of amides is 2. The van der Waals surface area contributed by atoms with E-state index in [1.54, 1.807) is 4.90 Å². The van der Waals surface area contributed by atoms with Crippen molar-refractivity contribution in [3.05, 3.63) is 0 Å². The molecular formula is C13H24N2O3. The number of nitrogens with one attached hydrogen (secondary N) is 1. The standard InChI is InChI=1S/C13H24N2O3/c1-13(2,3)12(18)14-9-11(17)15(7-8-16)10-5-4-6-10/h10,16H,4-9H2,1-3H3,(H,14,18). The highest BCUT2D eigenvalue weighted by Gasteiger charge is 2.29. The zero-order valence-electron chi connectivity index (χ0n) is 11.5. The second-order valence-corrected chi connectivity index (χ2v) is 5.83. The number of carbonyl (C=O) groups excluding carboxylic acids is 2. The van der Waals surface area contributed by atoms with Gasteiger partial charge in [0, 0.05) is 18.0 Å². The lowest BCUT2D eigenvalue weighted by atomic mass is 9.91. The van der Waals surface area contributed by atoms with Gasteiger partial charge in [-0.2, -0.15) is 0 Å². The summed E-state index contributed by atoms with van der Waals surface area (Å²) in [6.07, 6.45) is 3.13. The van der Waals surface area contributed by atoms with Gasteiger partial charge in [-0.1, -0.05) is 20.8 Å². The molecular weight excluding hydrogens is 232 g/mol. The molecule has 0 aliphatic heterocycles. The highest BCUT2D eigenvalue weighted by molar-refractivity contribution is 5.87. The van der Waals surface area contributed by atoms with E-state index >= 15 is 0 Å². The number of aliphatic hydroxyl groups is 1. The molecule has 1 aliphatic rings. The third kappa shape index (κ3) is 3.98. The van der Waals surface area contributed by atoms with Gasteiger partial charge >= 0.3 is 0 Å². The normalized spacial score (nSPS) is 16.0. The summed E-state index contributed by atoms with van der Waals surface area (Å²) in [5.41, 5.74) is -0.488. The molecule has 0 bridgehead atoms. The van der Waals surface area contributed by atoms with Gasteiger partial charge in [-0.15, -0.1) is 0 Å². The minimum Gasteiger partial charge on any atom is -0.395 e. The number of hydrogen-bond donors (Lipinski definition) is 2. The first-order chi connectivity index (χ1) is 8.36. The van der Waals surface area contributed by atoms with Crippen molar-refractivity contribution in [3.8, 4) is 0 Å². The fourth-order valence-corrected chi connectivity index (χ4v) is 1.84. The maximum absolute atomic E-state index is 12.0. The second-order valence-electron chi connectivity index (χ2n) is 5.83. The van der Waals surface area contributed by atoms with Gasteiger partial charge in [-0.05, 0) is 19.3 Å². The van der Waals surface area contributed by atoms with E-state index in [1.807, 2.05) is 20.8 Å². The molecule has 1 aliphatic carbocycles. The van der Waals surface area contributed by atoms with E-state index in [-0.39, 0.29) is 31.0 Å². The molecule has 2 N–H and O–H groups in total. The van der Waals surface area contributed by atoms with Gasteiger partial charge in [0.2, 0.25) is 11.8 Å². The Bertz CT molecular complexity index is 306. The fraction of sp³-hybridized carbons (Fsp3) is 0.846. The van der Waals surface area contributed by atoms with E-state index in [4.69, 9.17) is 5.11 Å². The van der Waals surface area contributed by atoms with Crippen LogP contribution in [0.5, 0.6) is 0 Å². The third-order valence-corrected chi connectivity index (χ3v) is 3.26. The van der Waals surface area contributed by atoms with Crippen LogP contribution in [-0.4, -0.2) is 47.6 Å². The smallest absolute Gasteiger partial charge is 0.242 e. The van der Waals surface area contributed by atoms with Crippen molar-refractivity contribution in [2.24, 2.45) is 5.41 Å². The van der Waals surface area contributed by atoms with Crippen LogP contribution in [0.25, 0.3) is 0 Å². The molecule has 0 radical (unpaired) electrons. The van der Waals surface area contributed by atoms with E-state index < -0.39 is 5.41 Å². The molecule has 104 valence electrons. The lowest BCUT2D eigenvalue weighted by molar-refractivity contribution is -0.138. The van der Waals surface area contributed by atoms with Gasteiger partial charge in [0.15, 0.2) is 0 Å². The molecule has 5 nitrogen and oxygen atoms in total. The molecule has 1 fully saturated rings. The summed E-state index contributed by atoms with van der Waals surface area (Å²) in [5, 5.41) is 11.6. The summed E-state index contributed by atoms with van der Waals surface area (Å²) in [7, 11) is 0. The minimum atomic E-state index is -0.488. The first-order valence-electron chi connectivity index (χ1n) is 6.55. The SMILES string of the molecule is CC(C)(C)C(=O)NCC(=O)N(CCO)C1CCC1. The first-order valence-corrected chi connectivity index (χ1v) is 6.55. The van der Waals surface area contributed by atoms with Crippen LogP contribution in [0.4, 0.5) is 0 Å². The van der Waals surface area contributed by atoms with Crippen molar-refractivity contribution in [1.29, 1.82) is 0 Å². The van der Waals surface area contributed by atoms with Gasteiger partial charge in [0.25, 0.3) is 0 Å². The zero-order chi connectivity index (χ0) is 13.8. The van der Waals surface area contributed by atoms with Crippen LogP contribution in [0.2, 0.25) is 0 Å². The summed E-state index contributed by atoms with van der Waals surface area (Å²) in [4.78, 5) is 25.4. The number of aliphatic hydroxyl groups excluding tert-OH is 1. The Hall–Kier alpha value is -1.10. The van der Waals surface area contributed by atoms with Crippen LogP contribution in [0.15, 0.2) is 0 Å². The van der Waals surface area contributed by atoms with Gasteiger partial charge in [-0.25, -0.2) is 0 Å². The maximum Gasteiger partial charge on any atom is 0.242 e. The fourth-order valence-electron chi connectivity index (χ4n) is 1.84. The zero-order valence-corrected chi connectivity index (χ0v) is 11.5. The van der Waals surface area contributed by atoms with Crippen LogP contribution in [0, 0.1) is 5.41 Å². The van der Waals surface area contributed by atoms with Crippen molar-refractivity contribution in [2.45, 2.75) is 46.1 Å². The highest BCUT2D eigenvalue weighted by Crippen LogP contribution is 2.24. The van der Waals surface area contributed by atoms with Crippen molar-refractivity contribution < 1.29 is 14.7 Å². The molecule has 18 heavy (non-hydrogen) atoms. The Morgan fingerprint density at radius 3 is 2.33 bits per heavy atom. The molecule has 1 saturated carbocycles. The average molecular weight is 256 g/mol. The van der Waals surface area contributed by atoms with Crippen LogP contribution in [-0.2, 0) is 9.59 Å². The number of rotatable bonds is 5. The van der Waals surface area contributed by atoms with E-state index in [1.165, 1.54) is 0 Å². The van der Waals surface area contributed by atoms with Crippen LogP contribution in [0.3, 0.4) is 0 Å². The second kappa shape index (κ2) is 6.18. The molecule has 0 aromatic carbocycles. The van der Waals surface area contributed by atoms with Gasteiger partial charge in [0.1, 0.15) is 0 Å². The van der Waals surface area contributed by atoms with E-state index in [9.17, 15) is 9.59 Å². The van der Waals surface area contributed by atoms with Crippen LogP contribution in [0.1, 0.15) is 40.0 Å². The summed E-state index contributed by atoms with van der Waals surface area (Å²) in [5.74, 6) is -0.236. The van der Waals surface area contributed by atoms with Crippen molar-refractivity contribution in [1.82, 2.24) is 10.2 Å². The van der Waals surface area contributed by atoms with Gasteiger partial charge in [0.05, 0.1) is 13.2 Å². The summed E-state index contributed by atoms with van der Waals surface area (Å²) in [6, 6.07) is 0.246. The highest BCUT2D eigenvalue weighted by atomic mass is 16.3. The van der Waals surface area contributed by atoms with E-state index in [2.05, 4.69) is 5.32 Å². The topological polar surface area (TPSA) is 69.6 Å². The Balaban J connectivity index is 2.44. The molecule has 0 unspecified atom stereocenters. The maximum atomic E-state index is 12.0. The lowest BCUT2D eigenvalue weighted by Gasteiger charge is -2.37. The number of nitrogens with zero attached hydrogens (tertiary/aromatic N) is 1. The van der Waals surface area contributed by atoms with E-state index in [0.717, 1.165) is 19.3 Å². The Labute approximate surface area is 109 Å². The minimum absolute atomic E-state index is 0.0204. The van der Waals surface area contributed by atoms with Crippen molar-refractivity contribution in [3.63, 3.8) is 0 Å². The predicted molar refractivity (Wildman–Crippen MR) is 68.9 cm³/mol. The van der Waals surface area contributed by atoms with Gasteiger partial charge in [-0.3, -0.25) is 9.59 Å². The molecule has 0 heterocycles. The van der Waals surface area contributed by atoms with Gasteiger partial charge < -0.3 is 15.3 Å². The van der Waals surface area contributed by atoms with Crippen LogP contribution >= 0.6 is 0 Å². The molecule has 0 spiro atoms. The number of hydrogen-bond acceptors (Lipinski definition) is 3. The molecule has 0 aromatic heterocycles.